The average Bonchev–Trinajstić information content (AvgIpc) is 3.04. The van der Waals surface area contributed by atoms with E-state index < -0.39 is 41.8 Å². The lowest BCUT2D eigenvalue weighted by molar-refractivity contribution is -0.141. The van der Waals surface area contributed by atoms with Gasteiger partial charge in [-0.05, 0) is 92.7 Å². The maximum atomic E-state index is 13.6. The normalized spacial score (nSPS) is 15.3. The number of methoxy groups -OCH3 is 1. The summed E-state index contributed by atoms with van der Waals surface area (Å²) in [5, 5.41) is 15.3. The summed E-state index contributed by atoms with van der Waals surface area (Å²) in [5.41, 5.74) is 14.6. The lowest BCUT2D eigenvalue weighted by Crippen LogP contribution is -2.55. The molecule has 3 atom stereocenters. The van der Waals surface area contributed by atoms with Crippen molar-refractivity contribution in [1.29, 1.82) is 0 Å². The highest BCUT2D eigenvalue weighted by Crippen LogP contribution is 2.29. The third-order valence-electron chi connectivity index (χ3n) is 8.91. The number of thioether (sulfide) groups is 1. The van der Waals surface area contributed by atoms with Gasteiger partial charge in [-0.2, -0.15) is 11.8 Å². The largest absolute Gasteiger partial charge is 0.508 e. The molecule has 0 spiro atoms. The molecule has 13 heteroatoms. The van der Waals surface area contributed by atoms with Crippen LogP contribution in [0.4, 0.5) is 0 Å². The SMILES string of the molecule is COC(=O)CCCCCN(C(=O)CNC(=O)[C@@H](CCSC)NC(=O)[C@H](N)Cc1c(C)cc(O)cc1C)[C@@H](CC1CCCCC1)C(N)=O. The number of nitrogens with zero attached hydrogens (tertiary/aromatic N) is 1. The van der Waals surface area contributed by atoms with Crippen LogP contribution in [0.25, 0.3) is 0 Å². The molecule has 7 N–H and O–H groups in total. The second kappa shape index (κ2) is 20.8. The number of amides is 4. The van der Waals surface area contributed by atoms with Crippen LogP contribution in [0.5, 0.6) is 5.75 Å². The summed E-state index contributed by atoms with van der Waals surface area (Å²) in [7, 11) is 1.34. The zero-order chi connectivity index (χ0) is 34.9. The molecule has 47 heavy (non-hydrogen) atoms. The Morgan fingerprint density at radius 2 is 1.70 bits per heavy atom. The van der Waals surface area contributed by atoms with Gasteiger partial charge < -0.3 is 36.8 Å². The summed E-state index contributed by atoms with van der Waals surface area (Å²) in [6.07, 6.45) is 10.2. The van der Waals surface area contributed by atoms with Crippen molar-refractivity contribution >= 4 is 41.4 Å². The quantitative estimate of drug-likeness (QED) is 0.102. The lowest BCUT2D eigenvalue weighted by Gasteiger charge is -2.33. The minimum atomic E-state index is -0.936. The number of aromatic hydroxyl groups is 1. The fourth-order valence-corrected chi connectivity index (χ4v) is 6.67. The van der Waals surface area contributed by atoms with E-state index in [4.69, 9.17) is 16.2 Å². The van der Waals surface area contributed by atoms with E-state index in [1.165, 1.54) is 23.8 Å². The minimum absolute atomic E-state index is 0.137. The van der Waals surface area contributed by atoms with Crippen LogP contribution < -0.4 is 22.1 Å². The van der Waals surface area contributed by atoms with E-state index in [-0.39, 0.29) is 43.6 Å². The van der Waals surface area contributed by atoms with Crippen molar-refractivity contribution in [3.8, 4) is 5.75 Å². The molecule has 0 radical (unpaired) electrons. The number of aryl methyl sites for hydroxylation is 2. The number of unbranched alkanes of at least 4 members (excludes halogenated alkanes) is 2. The molecule has 1 aromatic rings. The van der Waals surface area contributed by atoms with Crippen LogP contribution in [0.1, 0.15) is 87.3 Å². The fraction of sp³-hybridized carbons (Fsp3) is 0.676. The van der Waals surface area contributed by atoms with Gasteiger partial charge in [-0.15, -0.1) is 0 Å². The van der Waals surface area contributed by atoms with E-state index in [0.29, 0.717) is 37.9 Å². The predicted molar refractivity (Wildman–Crippen MR) is 184 cm³/mol. The summed E-state index contributed by atoms with van der Waals surface area (Å²) >= 11 is 1.52. The average molecular weight is 678 g/mol. The van der Waals surface area contributed by atoms with Crippen LogP contribution in [0, 0.1) is 19.8 Å². The number of rotatable bonds is 20. The first kappa shape index (κ1) is 39.9. The Hall–Kier alpha value is -3.32. The number of phenolic OH excluding ortho intramolecular Hbond substituents is 1. The molecular weight excluding hydrogens is 622 g/mol. The molecule has 1 fully saturated rings. The topological polar surface area (TPSA) is 194 Å². The second-order valence-corrected chi connectivity index (χ2v) is 13.5. The van der Waals surface area contributed by atoms with Crippen molar-refractivity contribution in [3.63, 3.8) is 0 Å². The number of ether oxygens (including phenoxy) is 1. The van der Waals surface area contributed by atoms with Crippen LogP contribution >= 0.6 is 11.8 Å². The van der Waals surface area contributed by atoms with E-state index >= 15 is 0 Å². The van der Waals surface area contributed by atoms with Gasteiger partial charge in [-0.1, -0.05) is 38.5 Å². The van der Waals surface area contributed by atoms with Crippen LogP contribution in [0.2, 0.25) is 0 Å². The van der Waals surface area contributed by atoms with Gasteiger partial charge in [-0.25, -0.2) is 0 Å². The smallest absolute Gasteiger partial charge is 0.305 e. The Morgan fingerprint density at radius 3 is 2.30 bits per heavy atom. The molecule has 1 aromatic carbocycles. The highest BCUT2D eigenvalue weighted by Gasteiger charge is 2.32. The van der Waals surface area contributed by atoms with Gasteiger partial charge in [0.15, 0.2) is 0 Å². The Balaban J connectivity index is 2.10. The lowest BCUT2D eigenvalue weighted by atomic mass is 9.84. The summed E-state index contributed by atoms with van der Waals surface area (Å²) in [6.45, 7) is 3.57. The fourth-order valence-electron chi connectivity index (χ4n) is 6.20. The highest BCUT2D eigenvalue weighted by atomic mass is 32.2. The van der Waals surface area contributed by atoms with Gasteiger partial charge >= 0.3 is 5.97 Å². The first-order chi connectivity index (χ1) is 22.4. The molecule has 1 aliphatic rings. The monoisotopic (exact) mass is 677 g/mol. The zero-order valence-corrected chi connectivity index (χ0v) is 29.3. The molecule has 12 nitrogen and oxygen atoms in total. The molecule has 0 bridgehead atoms. The Labute approximate surface area is 283 Å². The van der Waals surface area contributed by atoms with Gasteiger partial charge in [-0.3, -0.25) is 24.0 Å². The molecule has 2 rings (SSSR count). The van der Waals surface area contributed by atoms with Crippen molar-refractivity contribution in [2.24, 2.45) is 17.4 Å². The molecule has 4 amide bonds. The standard InChI is InChI=1S/C34H55N5O7S/c1-22-17-25(40)18-23(2)26(22)20-27(35)33(44)38-28(14-16-47-4)34(45)37-21-30(41)39(15-10-6-9-13-31(42)46-3)29(32(36)43)19-24-11-7-5-8-12-24/h17-18,24,27-29,40H,5-16,19-21,35H2,1-4H3,(H2,36,43)(H,37,45)(H,38,44)/t27-,28-,29+/m1/s1. The molecular formula is C34H55N5O7S. The number of esters is 1. The highest BCUT2D eigenvalue weighted by molar-refractivity contribution is 7.98. The maximum absolute atomic E-state index is 13.6. The Bertz CT molecular complexity index is 1180. The van der Waals surface area contributed by atoms with Crippen LogP contribution in [-0.2, 0) is 35.1 Å². The number of hydrogen-bond acceptors (Lipinski definition) is 9. The van der Waals surface area contributed by atoms with Gasteiger partial charge in [0.2, 0.25) is 23.6 Å². The summed E-state index contributed by atoms with van der Waals surface area (Å²) < 4.78 is 4.70. The number of nitrogens with one attached hydrogen (secondary N) is 2. The summed E-state index contributed by atoms with van der Waals surface area (Å²) in [6, 6.07) is 0.565. The third-order valence-corrected chi connectivity index (χ3v) is 9.56. The molecule has 0 aliphatic heterocycles. The van der Waals surface area contributed by atoms with Crippen molar-refractivity contribution in [2.75, 3.05) is 32.2 Å². The molecule has 0 aromatic heterocycles. The predicted octanol–water partition coefficient (Wildman–Crippen LogP) is 2.62. The molecule has 0 unspecified atom stereocenters. The number of hydrogen-bond donors (Lipinski definition) is 5. The van der Waals surface area contributed by atoms with E-state index in [0.717, 1.165) is 48.8 Å². The van der Waals surface area contributed by atoms with Crippen molar-refractivity contribution in [2.45, 2.75) is 109 Å². The van der Waals surface area contributed by atoms with Crippen LogP contribution in [-0.4, -0.2) is 89.9 Å². The number of carbonyl (C=O) groups is 5. The summed E-state index contributed by atoms with van der Waals surface area (Å²) in [4.78, 5) is 65.7. The van der Waals surface area contributed by atoms with Crippen molar-refractivity contribution in [3.05, 3.63) is 28.8 Å². The minimum Gasteiger partial charge on any atom is -0.508 e. The van der Waals surface area contributed by atoms with E-state index in [2.05, 4.69) is 10.6 Å². The molecule has 1 saturated carbocycles. The number of primary amides is 1. The number of phenols is 1. The van der Waals surface area contributed by atoms with Crippen LogP contribution in [0.15, 0.2) is 12.1 Å². The first-order valence-electron chi connectivity index (χ1n) is 16.6. The molecule has 1 aliphatic carbocycles. The van der Waals surface area contributed by atoms with Gasteiger partial charge in [0.05, 0.1) is 19.7 Å². The molecule has 264 valence electrons. The third kappa shape index (κ3) is 13.7. The number of nitrogens with two attached hydrogens (primary N) is 2. The zero-order valence-electron chi connectivity index (χ0n) is 28.5. The van der Waals surface area contributed by atoms with Crippen molar-refractivity contribution in [1.82, 2.24) is 15.5 Å². The Kier molecular flexibility index (Phi) is 17.7. The Morgan fingerprint density at radius 1 is 1.04 bits per heavy atom. The molecule has 0 saturated heterocycles. The van der Waals surface area contributed by atoms with Crippen molar-refractivity contribution < 1.29 is 33.8 Å². The number of carbonyl (C=O) groups excluding carboxylic acids is 5. The van der Waals surface area contributed by atoms with Crippen LogP contribution in [0.3, 0.4) is 0 Å². The first-order valence-corrected chi connectivity index (χ1v) is 18.0. The van der Waals surface area contributed by atoms with E-state index in [1.54, 1.807) is 12.1 Å². The van der Waals surface area contributed by atoms with Gasteiger partial charge in [0, 0.05) is 13.0 Å². The van der Waals surface area contributed by atoms with E-state index in [1.807, 2.05) is 20.1 Å². The van der Waals surface area contributed by atoms with Gasteiger partial charge in [0.25, 0.3) is 0 Å². The summed E-state index contributed by atoms with van der Waals surface area (Å²) in [5.74, 6) is -1.33. The van der Waals surface area contributed by atoms with E-state index in [9.17, 15) is 29.1 Å². The van der Waals surface area contributed by atoms with Gasteiger partial charge in [0.1, 0.15) is 17.8 Å². The molecule has 0 heterocycles. The second-order valence-electron chi connectivity index (χ2n) is 12.6. The maximum Gasteiger partial charge on any atom is 0.305 e. The number of benzene rings is 1.